The van der Waals surface area contributed by atoms with Gasteiger partial charge in [-0.25, -0.2) is 0 Å². The number of hydrogen-bond acceptors (Lipinski definition) is 3. The van der Waals surface area contributed by atoms with Crippen molar-refractivity contribution in [2.45, 2.75) is 6.04 Å². The Kier molecular flexibility index (Phi) is 4.82. The van der Waals surface area contributed by atoms with E-state index >= 15 is 0 Å². The molecule has 2 N–H and O–H groups in total. The minimum Gasteiger partial charge on any atom is -0.379 e. The largest absolute Gasteiger partial charge is 0.379 e. The van der Waals surface area contributed by atoms with E-state index in [0.29, 0.717) is 6.54 Å². The minimum atomic E-state index is 0.243. The number of hydrogen-bond donors (Lipinski definition) is 1. The Morgan fingerprint density at radius 3 is 2.71 bits per heavy atom. The zero-order chi connectivity index (χ0) is 12.3. The van der Waals surface area contributed by atoms with Crippen LogP contribution in [0.1, 0.15) is 11.6 Å². The zero-order valence-corrected chi connectivity index (χ0v) is 11.9. The lowest BCUT2D eigenvalue weighted by atomic mass is 10.1. The molecule has 17 heavy (non-hydrogen) atoms. The topological polar surface area (TPSA) is 38.5 Å². The number of benzene rings is 1. The first kappa shape index (κ1) is 13.3. The summed E-state index contributed by atoms with van der Waals surface area (Å²) in [4.78, 5) is 2.36. The van der Waals surface area contributed by atoms with Gasteiger partial charge in [-0.1, -0.05) is 17.7 Å². The Bertz CT molecular complexity index is 383. The summed E-state index contributed by atoms with van der Waals surface area (Å²) in [7, 11) is 0. The molecule has 1 fully saturated rings. The van der Waals surface area contributed by atoms with Crippen LogP contribution in [-0.4, -0.2) is 37.7 Å². The van der Waals surface area contributed by atoms with Crippen LogP contribution in [0.2, 0.25) is 5.02 Å². The van der Waals surface area contributed by atoms with Gasteiger partial charge in [0.1, 0.15) is 0 Å². The Morgan fingerprint density at radius 1 is 1.41 bits per heavy atom. The summed E-state index contributed by atoms with van der Waals surface area (Å²) in [5, 5.41) is 0.728. The van der Waals surface area contributed by atoms with Gasteiger partial charge >= 0.3 is 0 Å². The molecule has 1 aliphatic rings. The predicted molar refractivity (Wildman–Crippen MR) is 73.3 cm³/mol. The summed E-state index contributed by atoms with van der Waals surface area (Å²) in [5.41, 5.74) is 7.09. The Labute approximate surface area is 115 Å². The van der Waals surface area contributed by atoms with Crippen molar-refractivity contribution in [1.82, 2.24) is 4.90 Å². The molecule has 0 spiro atoms. The lowest BCUT2D eigenvalue weighted by Gasteiger charge is -2.34. The lowest BCUT2D eigenvalue weighted by molar-refractivity contribution is 0.0179. The fraction of sp³-hybridized carbons (Fsp3) is 0.500. The first-order valence-corrected chi connectivity index (χ1v) is 6.86. The Hall–Kier alpha value is -0.130. The third kappa shape index (κ3) is 3.20. The molecule has 0 radical (unpaired) electrons. The monoisotopic (exact) mass is 318 g/mol. The van der Waals surface area contributed by atoms with Crippen molar-refractivity contribution >= 4 is 27.5 Å². The maximum absolute atomic E-state index is 6.00. The third-order valence-electron chi connectivity index (χ3n) is 3.04. The van der Waals surface area contributed by atoms with Gasteiger partial charge in [-0.3, -0.25) is 4.90 Å². The summed E-state index contributed by atoms with van der Waals surface area (Å²) in [6.45, 7) is 4.04. The minimum absolute atomic E-state index is 0.243. The highest BCUT2D eigenvalue weighted by Gasteiger charge is 2.21. The molecule has 1 heterocycles. The first-order valence-electron chi connectivity index (χ1n) is 5.69. The van der Waals surface area contributed by atoms with Crippen LogP contribution in [0.5, 0.6) is 0 Å². The predicted octanol–water partition coefficient (Wildman–Crippen LogP) is 2.43. The Balaban J connectivity index is 2.18. The summed E-state index contributed by atoms with van der Waals surface area (Å²) in [6, 6.07) is 6.24. The highest BCUT2D eigenvalue weighted by molar-refractivity contribution is 9.10. The van der Waals surface area contributed by atoms with Gasteiger partial charge in [0.25, 0.3) is 0 Å². The van der Waals surface area contributed by atoms with Gasteiger partial charge < -0.3 is 10.5 Å². The third-order valence-corrected chi connectivity index (χ3v) is 4.25. The molecule has 1 aromatic rings. The van der Waals surface area contributed by atoms with Crippen molar-refractivity contribution in [3.05, 3.63) is 33.3 Å². The molecule has 0 amide bonds. The second kappa shape index (κ2) is 6.16. The van der Waals surface area contributed by atoms with E-state index in [4.69, 9.17) is 22.1 Å². The van der Waals surface area contributed by atoms with E-state index in [1.807, 2.05) is 12.1 Å². The van der Waals surface area contributed by atoms with E-state index in [2.05, 4.69) is 26.9 Å². The fourth-order valence-corrected chi connectivity index (χ4v) is 2.62. The molecule has 1 unspecified atom stereocenters. The maximum Gasteiger partial charge on any atom is 0.0594 e. The molecule has 94 valence electrons. The average Bonchev–Trinajstić information content (AvgIpc) is 2.36. The smallest absolute Gasteiger partial charge is 0.0594 e. The quantitative estimate of drug-likeness (QED) is 0.930. The fourth-order valence-electron chi connectivity index (χ4n) is 2.10. The van der Waals surface area contributed by atoms with E-state index in [0.717, 1.165) is 35.8 Å². The van der Waals surface area contributed by atoms with Crippen LogP contribution in [-0.2, 0) is 4.74 Å². The summed E-state index contributed by atoms with van der Waals surface area (Å²) in [5.74, 6) is 0. The van der Waals surface area contributed by atoms with Gasteiger partial charge in [-0.2, -0.15) is 0 Å². The van der Waals surface area contributed by atoms with Crippen molar-refractivity contribution in [1.29, 1.82) is 0 Å². The molecule has 2 rings (SSSR count). The highest BCUT2D eigenvalue weighted by atomic mass is 79.9. The molecule has 5 heteroatoms. The van der Waals surface area contributed by atoms with Crippen molar-refractivity contribution < 1.29 is 4.74 Å². The molecule has 0 bridgehead atoms. The number of morpholine rings is 1. The van der Waals surface area contributed by atoms with Crippen molar-refractivity contribution in [3.63, 3.8) is 0 Å². The second-order valence-electron chi connectivity index (χ2n) is 4.07. The molecule has 1 aromatic carbocycles. The standard InChI is InChI=1S/C12H16BrClN2O/c13-10-7-9(1-2-11(10)14)12(8-15)16-3-5-17-6-4-16/h1-2,7,12H,3-6,8,15H2. The second-order valence-corrected chi connectivity index (χ2v) is 5.33. The molecule has 1 atom stereocenters. The van der Waals surface area contributed by atoms with Crippen molar-refractivity contribution in [2.75, 3.05) is 32.8 Å². The molecule has 0 aromatic heterocycles. The summed E-state index contributed by atoms with van der Waals surface area (Å²) >= 11 is 9.45. The van der Waals surface area contributed by atoms with Gasteiger partial charge in [0.05, 0.1) is 18.2 Å². The van der Waals surface area contributed by atoms with Crippen LogP contribution >= 0.6 is 27.5 Å². The molecule has 0 aliphatic carbocycles. The molecular formula is C12H16BrClN2O. The molecule has 0 saturated carbocycles. The number of nitrogens with zero attached hydrogens (tertiary/aromatic N) is 1. The molecular weight excluding hydrogens is 304 g/mol. The van der Waals surface area contributed by atoms with Crippen LogP contribution in [0.4, 0.5) is 0 Å². The normalized spacial score (nSPS) is 19.2. The zero-order valence-electron chi connectivity index (χ0n) is 9.53. The van der Waals surface area contributed by atoms with Gasteiger partial charge in [0.15, 0.2) is 0 Å². The maximum atomic E-state index is 6.00. The van der Waals surface area contributed by atoms with Gasteiger partial charge in [-0.15, -0.1) is 0 Å². The number of halogens is 2. The molecule has 3 nitrogen and oxygen atoms in total. The number of rotatable bonds is 3. The molecule has 1 aliphatic heterocycles. The summed E-state index contributed by atoms with van der Waals surface area (Å²) in [6.07, 6.45) is 0. The van der Waals surface area contributed by atoms with Crippen LogP contribution in [0.3, 0.4) is 0 Å². The SMILES string of the molecule is NCC(c1ccc(Cl)c(Br)c1)N1CCOCC1. The van der Waals surface area contributed by atoms with Crippen molar-refractivity contribution in [3.8, 4) is 0 Å². The van der Waals surface area contributed by atoms with Crippen LogP contribution in [0, 0.1) is 0 Å². The van der Waals surface area contributed by atoms with E-state index in [-0.39, 0.29) is 6.04 Å². The first-order chi connectivity index (χ1) is 8.22. The number of nitrogens with two attached hydrogens (primary N) is 1. The van der Waals surface area contributed by atoms with E-state index in [1.165, 1.54) is 5.56 Å². The van der Waals surface area contributed by atoms with E-state index in [1.54, 1.807) is 0 Å². The molecule has 1 saturated heterocycles. The van der Waals surface area contributed by atoms with Gasteiger partial charge in [-0.05, 0) is 33.6 Å². The van der Waals surface area contributed by atoms with Gasteiger partial charge in [0.2, 0.25) is 0 Å². The van der Waals surface area contributed by atoms with Gasteiger partial charge in [0, 0.05) is 30.1 Å². The number of ether oxygens (including phenoxy) is 1. The van der Waals surface area contributed by atoms with E-state index in [9.17, 15) is 0 Å². The highest BCUT2D eigenvalue weighted by Crippen LogP contribution is 2.28. The van der Waals surface area contributed by atoms with Crippen LogP contribution < -0.4 is 5.73 Å². The Morgan fingerprint density at radius 2 is 2.12 bits per heavy atom. The average molecular weight is 320 g/mol. The lowest BCUT2D eigenvalue weighted by Crippen LogP contribution is -2.41. The van der Waals surface area contributed by atoms with Crippen LogP contribution in [0.15, 0.2) is 22.7 Å². The van der Waals surface area contributed by atoms with Crippen molar-refractivity contribution in [2.24, 2.45) is 5.73 Å². The summed E-state index contributed by atoms with van der Waals surface area (Å²) < 4.78 is 6.28. The van der Waals surface area contributed by atoms with Crippen LogP contribution in [0.25, 0.3) is 0 Å². The van der Waals surface area contributed by atoms with E-state index < -0.39 is 0 Å².